The molecule has 1 N–H and O–H groups in total. The van der Waals surface area contributed by atoms with Gasteiger partial charge in [0.1, 0.15) is 17.3 Å². The van der Waals surface area contributed by atoms with Crippen LogP contribution in [0.5, 0.6) is 5.75 Å². The molecule has 2 fully saturated rings. The van der Waals surface area contributed by atoms with Gasteiger partial charge in [0.15, 0.2) is 5.13 Å². The zero-order valence-corrected chi connectivity index (χ0v) is 25.3. The monoisotopic (exact) mass is 650 g/mol. The summed E-state index contributed by atoms with van der Waals surface area (Å²) in [6, 6.07) is 16.2. The molecule has 2 aliphatic rings. The Hall–Kier alpha value is -4.78. The first-order valence-corrected chi connectivity index (χ1v) is 15.6. The summed E-state index contributed by atoms with van der Waals surface area (Å²) in [5.41, 5.74) is 1.69. The van der Waals surface area contributed by atoms with Crippen LogP contribution in [0, 0.1) is 11.0 Å². The first kappa shape index (κ1) is 31.2. The van der Waals surface area contributed by atoms with Crippen LogP contribution in [-0.4, -0.2) is 52.1 Å². The van der Waals surface area contributed by atoms with Crippen LogP contribution in [0.25, 0.3) is 22.4 Å². The number of carboxylic acids is 1. The highest BCUT2D eigenvalue weighted by atomic mass is 32.1. The highest BCUT2D eigenvalue weighted by molar-refractivity contribution is 7.14. The van der Waals surface area contributed by atoms with Gasteiger partial charge in [0.2, 0.25) is 16.9 Å². The number of carbonyl (C=O) groups excluding carboxylic acids is 2. The number of aliphatic carboxylic acids is 1. The topological polar surface area (TPSA) is 113 Å². The Labute approximate surface area is 266 Å². The summed E-state index contributed by atoms with van der Waals surface area (Å²) in [6.45, 7) is -2.56. The van der Waals surface area contributed by atoms with Gasteiger partial charge in [0.25, 0.3) is 0 Å². The molecule has 0 bridgehead atoms. The maximum atomic E-state index is 15.8. The van der Waals surface area contributed by atoms with E-state index in [2.05, 4.69) is 14.7 Å². The number of alkyl halides is 2. The number of amides is 2. The molecule has 0 spiro atoms. The number of anilines is 2. The number of thiazole rings is 1. The van der Waals surface area contributed by atoms with Gasteiger partial charge in [-0.3, -0.25) is 24.2 Å². The quantitative estimate of drug-likeness (QED) is 0.185. The predicted octanol–water partition coefficient (Wildman–Crippen LogP) is 6.57. The third kappa shape index (κ3) is 6.89. The van der Waals surface area contributed by atoms with E-state index in [0.717, 1.165) is 12.0 Å². The van der Waals surface area contributed by atoms with Crippen molar-refractivity contribution in [1.29, 1.82) is 0 Å². The molecule has 1 atom stereocenters. The first-order chi connectivity index (χ1) is 22.2. The van der Waals surface area contributed by atoms with E-state index in [1.54, 1.807) is 29.2 Å². The lowest BCUT2D eigenvalue weighted by Gasteiger charge is -2.24. The fourth-order valence-electron chi connectivity index (χ4n) is 5.62. The number of halogens is 3. The highest BCUT2D eigenvalue weighted by Gasteiger charge is 2.40. The van der Waals surface area contributed by atoms with Gasteiger partial charge in [0.05, 0.1) is 12.3 Å². The van der Waals surface area contributed by atoms with Crippen LogP contribution in [0.4, 0.5) is 24.1 Å². The van der Waals surface area contributed by atoms with Crippen LogP contribution < -0.4 is 14.5 Å². The third-order valence-corrected chi connectivity index (χ3v) is 8.75. The number of pyridine rings is 1. The van der Waals surface area contributed by atoms with Crippen molar-refractivity contribution in [3.05, 3.63) is 77.6 Å². The summed E-state index contributed by atoms with van der Waals surface area (Å²) in [5.74, 6) is -2.30. The van der Waals surface area contributed by atoms with Crippen molar-refractivity contribution in [2.75, 3.05) is 16.3 Å². The van der Waals surface area contributed by atoms with E-state index in [9.17, 15) is 28.3 Å². The molecule has 1 saturated heterocycles. The van der Waals surface area contributed by atoms with Crippen LogP contribution >= 0.6 is 11.3 Å². The second-order valence-corrected chi connectivity index (χ2v) is 12.1. The van der Waals surface area contributed by atoms with E-state index < -0.39 is 36.0 Å². The van der Waals surface area contributed by atoms with Gasteiger partial charge < -0.3 is 9.84 Å². The van der Waals surface area contributed by atoms with Gasteiger partial charge in [-0.1, -0.05) is 41.7 Å². The molecule has 1 saturated carbocycles. The molecule has 1 aliphatic carbocycles. The Morgan fingerprint density at radius 1 is 1.09 bits per heavy atom. The van der Waals surface area contributed by atoms with E-state index in [1.807, 2.05) is 18.2 Å². The van der Waals surface area contributed by atoms with E-state index in [4.69, 9.17) is 0 Å². The molecule has 6 rings (SSSR count). The van der Waals surface area contributed by atoms with E-state index in [1.165, 1.54) is 29.3 Å². The number of nitrogens with zero attached hydrogens (tertiary/aromatic N) is 4. The molecule has 2 amide bonds. The molecular formula is C33H29F3N4O5S. The zero-order valence-electron chi connectivity index (χ0n) is 24.4. The molecule has 2 aromatic carbocycles. The zero-order chi connectivity index (χ0) is 32.4. The maximum absolute atomic E-state index is 15.8. The third-order valence-electron chi connectivity index (χ3n) is 7.91. The predicted molar refractivity (Wildman–Crippen MR) is 165 cm³/mol. The number of ether oxygens (including phenoxy) is 1. The molecule has 3 heterocycles. The standard InChI is InChI=1S/C33H29F3N4O5S/c34-30-29(38-33(46-30)40(22-9-10-22)31(44)21(16-28(42)43)15-19-5-2-1-3-6-19)25-17-23(45-32(35)36)11-12-24(25)20-8-13-26(37-18-20)39-14-4-7-27(39)41/h1-3,5-6,8,11-13,17-18,21-22,32H,4,7,9-10,14-16H2,(H,42,43)/t21-/m1/s1. The SMILES string of the molecule is O=C(O)C[C@@H](Cc1ccccc1)C(=O)N(c1nc(-c2cc(OC(F)F)ccc2-c2ccc(N3CCCC3=O)nc2)c(F)s1)C1CC1. The Morgan fingerprint density at radius 2 is 1.87 bits per heavy atom. The number of carboxylic acid groups (broad SMARTS) is 1. The molecular weight excluding hydrogens is 621 g/mol. The number of hydrogen-bond acceptors (Lipinski definition) is 7. The van der Waals surface area contributed by atoms with Crippen molar-refractivity contribution in [3.8, 4) is 28.1 Å². The molecule has 13 heteroatoms. The maximum Gasteiger partial charge on any atom is 0.387 e. The fraction of sp³-hybridized carbons (Fsp3) is 0.303. The number of rotatable bonds is 12. The Bertz CT molecular complexity index is 1750. The Morgan fingerprint density at radius 3 is 2.50 bits per heavy atom. The van der Waals surface area contributed by atoms with Crippen LogP contribution in [0.1, 0.15) is 37.7 Å². The highest BCUT2D eigenvalue weighted by Crippen LogP contribution is 2.42. The Kier molecular flexibility index (Phi) is 9.02. The normalized spacial score (nSPS) is 15.3. The summed E-state index contributed by atoms with van der Waals surface area (Å²) >= 11 is 0.631. The smallest absolute Gasteiger partial charge is 0.387 e. The molecule has 2 aromatic heterocycles. The van der Waals surface area contributed by atoms with Gasteiger partial charge >= 0.3 is 12.6 Å². The van der Waals surface area contributed by atoms with Crippen molar-refractivity contribution in [1.82, 2.24) is 9.97 Å². The lowest BCUT2D eigenvalue weighted by molar-refractivity contribution is -0.140. The van der Waals surface area contributed by atoms with Crippen LogP contribution in [0.15, 0.2) is 66.9 Å². The average Bonchev–Trinajstić information content (AvgIpc) is 3.65. The fourth-order valence-corrected chi connectivity index (χ4v) is 6.51. The molecule has 0 unspecified atom stereocenters. The van der Waals surface area contributed by atoms with Gasteiger partial charge in [-0.25, -0.2) is 9.97 Å². The van der Waals surface area contributed by atoms with Crippen molar-refractivity contribution < 1.29 is 37.4 Å². The van der Waals surface area contributed by atoms with Crippen LogP contribution in [0.3, 0.4) is 0 Å². The van der Waals surface area contributed by atoms with Gasteiger partial charge in [-0.05, 0) is 67.1 Å². The van der Waals surface area contributed by atoms with Gasteiger partial charge in [-0.15, -0.1) is 0 Å². The number of hydrogen-bond donors (Lipinski definition) is 1. The molecule has 1 aliphatic heterocycles. The summed E-state index contributed by atoms with van der Waals surface area (Å²) in [6.07, 6.45) is 3.74. The van der Waals surface area contributed by atoms with Crippen LogP contribution in [0.2, 0.25) is 0 Å². The van der Waals surface area contributed by atoms with E-state index in [-0.39, 0.29) is 40.5 Å². The minimum absolute atomic E-state index is 0.0318. The molecule has 238 valence electrons. The largest absolute Gasteiger partial charge is 0.481 e. The molecule has 46 heavy (non-hydrogen) atoms. The first-order valence-electron chi connectivity index (χ1n) is 14.8. The minimum atomic E-state index is -3.12. The van der Waals surface area contributed by atoms with Crippen molar-refractivity contribution in [3.63, 3.8) is 0 Å². The molecule has 0 radical (unpaired) electrons. The van der Waals surface area contributed by atoms with E-state index >= 15 is 4.39 Å². The Balaban J connectivity index is 1.37. The summed E-state index contributed by atoms with van der Waals surface area (Å²) in [5, 5.41) is 8.90. The molecule has 9 nitrogen and oxygen atoms in total. The summed E-state index contributed by atoms with van der Waals surface area (Å²) in [4.78, 5) is 49.7. The summed E-state index contributed by atoms with van der Waals surface area (Å²) in [7, 11) is 0. The van der Waals surface area contributed by atoms with Gasteiger partial charge in [0, 0.05) is 36.3 Å². The van der Waals surface area contributed by atoms with Crippen molar-refractivity contribution in [2.45, 2.75) is 51.2 Å². The van der Waals surface area contributed by atoms with Crippen LogP contribution in [-0.2, 0) is 20.8 Å². The lowest BCUT2D eigenvalue weighted by Crippen LogP contribution is -2.39. The second kappa shape index (κ2) is 13.3. The van der Waals surface area contributed by atoms with E-state index in [0.29, 0.717) is 54.1 Å². The average molecular weight is 651 g/mol. The number of carbonyl (C=O) groups is 3. The molecule has 4 aromatic rings. The second-order valence-electron chi connectivity index (χ2n) is 11.2. The van der Waals surface area contributed by atoms with Crippen molar-refractivity contribution >= 4 is 40.1 Å². The number of aromatic nitrogens is 2. The summed E-state index contributed by atoms with van der Waals surface area (Å²) < 4.78 is 46.8. The number of benzene rings is 2. The van der Waals surface area contributed by atoms with Crippen molar-refractivity contribution in [2.24, 2.45) is 5.92 Å². The minimum Gasteiger partial charge on any atom is -0.481 e. The lowest BCUT2D eigenvalue weighted by atomic mass is 9.94. The van der Waals surface area contributed by atoms with Gasteiger partial charge in [-0.2, -0.15) is 13.2 Å².